The summed E-state index contributed by atoms with van der Waals surface area (Å²) in [7, 11) is 1.81. The molecule has 1 amide bonds. The Bertz CT molecular complexity index is 430. The highest BCUT2D eigenvalue weighted by atomic mass is 16.3. The lowest BCUT2D eigenvalue weighted by Crippen LogP contribution is -2.37. The molecule has 5 nitrogen and oxygen atoms in total. The Labute approximate surface area is 107 Å². The minimum atomic E-state index is -0.595. The van der Waals surface area contributed by atoms with Crippen LogP contribution in [-0.2, 0) is 4.79 Å². The zero-order valence-corrected chi connectivity index (χ0v) is 10.8. The summed E-state index contributed by atoms with van der Waals surface area (Å²) in [5.41, 5.74) is 0.735. The summed E-state index contributed by atoms with van der Waals surface area (Å²) in [6.07, 6.45) is 3.23. The van der Waals surface area contributed by atoms with E-state index >= 15 is 0 Å². The molecule has 1 aliphatic carbocycles. The summed E-state index contributed by atoms with van der Waals surface area (Å²) in [6.45, 7) is 1.95. The van der Waals surface area contributed by atoms with E-state index in [1.807, 2.05) is 6.07 Å². The van der Waals surface area contributed by atoms with Crippen molar-refractivity contribution in [2.45, 2.75) is 31.9 Å². The molecule has 0 unspecified atom stereocenters. The number of nitrogens with one attached hydrogen (secondary N) is 1. The second kappa shape index (κ2) is 5.35. The van der Waals surface area contributed by atoms with Crippen molar-refractivity contribution in [2.24, 2.45) is 0 Å². The van der Waals surface area contributed by atoms with E-state index in [0.717, 1.165) is 18.4 Å². The molecule has 1 saturated carbocycles. The number of aromatic nitrogens is 1. The minimum absolute atomic E-state index is 0.00203. The van der Waals surface area contributed by atoms with Crippen LogP contribution in [0.2, 0.25) is 0 Å². The highest BCUT2D eigenvalue weighted by Crippen LogP contribution is 2.23. The normalized spacial score (nSPS) is 16.2. The van der Waals surface area contributed by atoms with Gasteiger partial charge in [-0.3, -0.25) is 4.79 Å². The Morgan fingerprint density at radius 2 is 2.39 bits per heavy atom. The number of anilines is 1. The summed E-state index contributed by atoms with van der Waals surface area (Å²) >= 11 is 0. The van der Waals surface area contributed by atoms with Crippen molar-refractivity contribution in [3.05, 3.63) is 23.9 Å². The minimum Gasteiger partial charge on any atom is -0.389 e. The fourth-order valence-corrected chi connectivity index (χ4v) is 1.85. The molecule has 0 spiro atoms. The first kappa shape index (κ1) is 12.8. The summed E-state index contributed by atoms with van der Waals surface area (Å²) in [5.74, 6) is 0.653. The van der Waals surface area contributed by atoms with E-state index in [2.05, 4.69) is 10.3 Å². The lowest BCUT2D eigenvalue weighted by molar-refractivity contribution is -0.119. The predicted molar refractivity (Wildman–Crippen MR) is 69.3 cm³/mol. The fraction of sp³-hybridized carbons (Fsp3) is 0.538. The zero-order chi connectivity index (χ0) is 13.1. The Kier molecular flexibility index (Phi) is 3.81. The Hall–Kier alpha value is -1.62. The number of hydrogen-bond donors (Lipinski definition) is 2. The smallest absolute Gasteiger partial charge is 0.239 e. The van der Waals surface area contributed by atoms with Crippen molar-refractivity contribution in [1.82, 2.24) is 10.3 Å². The number of carbonyl (C=O) groups is 1. The van der Waals surface area contributed by atoms with Crippen molar-refractivity contribution in [2.75, 3.05) is 18.5 Å². The maximum Gasteiger partial charge on any atom is 0.239 e. The topological polar surface area (TPSA) is 65.5 Å². The third-order valence-electron chi connectivity index (χ3n) is 2.95. The quantitative estimate of drug-likeness (QED) is 0.812. The van der Waals surface area contributed by atoms with Gasteiger partial charge < -0.3 is 15.3 Å². The predicted octanol–water partition coefficient (Wildman–Crippen LogP) is 0.850. The van der Waals surface area contributed by atoms with Gasteiger partial charge in [0.2, 0.25) is 5.91 Å². The molecule has 5 heteroatoms. The zero-order valence-electron chi connectivity index (χ0n) is 10.8. The molecule has 0 aromatic carbocycles. The second-order valence-electron chi connectivity index (χ2n) is 4.79. The first-order valence-electron chi connectivity index (χ1n) is 6.21. The third kappa shape index (κ3) is 3.20. The molecular formula is C13H19N3O2. The number of rotatable bonds is 5. The highest BCUT2D eigenvalue weighted by Gasteiger charge is 2.24. The van der Waals surface area contributed by atoms with Crippen LogP contribution >= 0.6 is 0 Å². The van der Waals surface area contributed by atoms with Crippen LogP contribution in [0.1, 0.15) is 31.4 Å². The fourth-order valence-electron chi connectivity index (χ4n) is 1.85. The van der Waals surface area contributed by atoms with Gasteiger partial charge >= 0.3 is 0 Å². The van der Waals surface area contributed by atoms with Crippen LogP contribution in [0.4, 0.5) is 5.82 Å². The van der Waals surface area contributed by atoms with Gasteiger partial charge in [0.1, 0.15) is 5.82 Å². The maximum atomic E-state index is 11.7. The van der Waals surface area contributed by atoms with E-state index in [-0.39, 0.29) is 12.5 Å². The Morgan fingerprint density at radius 1 is 1.67 bits per heavy atom. The van der Waals surface area contributed by atoms with E-state index in [4.69, 9.17) is 0 Å². The summed E-state index contributed by atoms with van der Waals surface area (Å²) in [6, 6.07) is 3.97. The third-order valence-corrected chi connectivity index (χ3v) is 2.95. The average Bonchev–Trinajstić information content (AvgIpc) is 3.12. The van der Waals surface area contributed by atoms with Gasteiger partial charge in [-0.25, -0.2) is 4.98 Å². The van der Waals surface area contributed by atoms with Crippen LogP contribution in [0.25, 0.3) is 0 Å². The van der Waals surface area contributed by atoms with Gasteiger partial charge in [-0.15, -0.1) is 0 Å². The number of carbonyl (C=O) groups excluding carboxylic acids is 1. The van der Waals surface area contributed by atoms with Gasteiger partial charge in [-0.05, 0) is 25.8 Å². The van der Waals surface area contributed by atoms with Crippen molar-refractivity contribution in [1.29, 1.82) is 0 Å². The maximum absolute atomic E-state index is 11.7. The van der Waals surface area contributed by atoms with E-state index in [9.17, 15) is 9.90 Å². The van der Waals surface area contributed by atoms with E-state index in [1.165, 1.54) is 0 Å². The van der Waals surface area contributed by atoms with Gasteiger partial charge in [0.15, 0.2) is 0 Å². The molecule has 1 heterocycles. The number of nitrogens with zero attached hydrogens (tertiary/aromatic N) is 2. The molecule has 0 aliphatic heterocycles. The summed E-state index contributed by atoms with van der Waals surface area (Å²) < 4.78 is 0. The van der Waals surface area contributed by atoms with Gasteiger partial charge in [-0.1, -0.05) is 6.07 Å². The lowest BCUT2D eigenvalue weighted by atomic mass is 10.1. The monoisotopic (exact) mass is 249 g/mol. The Balaban J connectivity index is 2.02. The largest absolute Gasteiger partial charge is 0.389 e. The van der Waals surface area contributed by atoms with Crippen LogP contribution in [0.3, 0.4) is 0 Å². The molecule has 2 rings (SSSR count). The number of likely N-dealkylation sites (N-methyl/N-ethyl adjacent to an activating group) is 1. The van der Waals surface area contributed by atoms with Gasteiger partial charge in [0.05, 0.1) is 12.6 Å². The molecule has 98 valence electrons. The van der Waals surface area contributed by atoms with Crippen LogP contribution in [0, 0.1) is 0 Å². The molecular weight excluding hydrogens is 230 g/mol. The van der Waals surface area contributed by atoms with E-state index in [1.54, 1.807) is 31.1 Å². The van der Waals surface area contributed by atoms with Crippen LogP contribution < -0.4 is 10.2 Å². The molecule has 0 saturated heterocycles. The molecule has 18 heavy (non-hydrogen) atoms. The summed E-state index contributed by atoms with van der Waals surface area (Å²) in [4.78, 5) is 17.7. The molecule has 2 N–H and O–H groups in total. The van der Waals surface area contributed by atoms with Crippen molar-refractivity contribution < 1.29 is 9.90 Å². The Morgan fingerprint density at radius 3 is 3.00 bits per heavy atom. The van der Waals surface area contributed by atoms with Gasteiger partial charge in [0, 0.05) is 24.8 Å². The first-order valence-corrected chi connectivity index (χ1v) is 6.21. The highest BCUT2D eigenvalue weighted by molar-refractivity contribution is 5.81. The SMILES string of the molecule is C[C@@H](O)c1cccnc1N(C)CC(=O)NC1CC1. The second-order valence-corrected chi connectivity index (χ2v) is 4.79. The van der Waals surface area contributed by atoms with Crippen molar-refractivity contribution >= 4 is 11.7 Å². The molecule has 0 bridgehead atoms. The average molecular weight is 249 g/mol. The van der Waals surface area contributed by atoms with Crippen LogP contribution in [-0.4, -0.2) is 35.6 Å². The van der Waals surface area contributed by atoms with Crippen molar-refractivity contribution in [3.8, 4) is 0 Å². The molecule has 1 aromatic heterocycles. The lowest BCUT2D eigenvalue weighted by Gasteiger charge is -2.21. The number of pyridine rings is 1. The number of aliphatic hydroxyl groups excluding tert-OH is 1. The summed E-state index contributed by atoms with van der Waals surface area (Å²) in [5, 5.41) is 12.6. The standard InChI is InChI=1S/C13H19N3O2/c1-9(17)11-4-3-7-14-13(11)16(2)8-12(18)15-10-5-6-10/h3-4,7,9-10,17H,5-6,8H2,1-2H3,(H,15,18)/t9-/m1/s1. The van der Waals surface area contributed by atoms with Gasteiger partial charge in [0.25, 0.3) is 0 Å². The van der Waals surface area contributed by atoms with Crippen LogP contribution in [0.5, 0.6) is 0 Å². The number of hydrogen-bond acceptors (Lipinski definition) is 4. The molecule has 1 aromatic rings. The van der Waals surface area contributed by atoms with Crippen molar-refractivity contribution in [3.63, 3.8) is 0 Å². The molecule has 1 atom stereocenters. The molecule has 0 radical (unpaired) electrons. The van der Waals surface area contributed by atoms with E-state index < -0.39 is 6.10 Å². The molecule has 1 aliphatic rings. The van der Waals surface area contributed by atoms with Gasteiger partial charge in [-0.2, -0.15) is 0 Å². The number of aliphatic hydroxyl groups is 1. The molecule has 1 fully saturated rings. The number of amides is 1. The first-order chi connectivity index (χ1) is 8.58. The van der Waals surface area contributed by atoms with E-state index in [0.29, 0.717) is 11.9 Å². The van der Waals surface area contributed by atoms with Crippen LogP contribution in [0.15, 0.2) is 18.3 Å².